The van der Waals surface area contributed by atoms with Gasteiger partial charge < -0.3 is 13.9 Å². The summed E-state index contributed by atoms with van der Waals surface area (Å²) in [4.78, 5) is 11.7. The minimum absolute atomic E-state index is 0.0537. The van der Waals surface area contributed by atoms with Crippen LogP contribution in [-0.4, -0.2) is 40.2 Å². The topological polar surface area (TPSA) is 44.8 Å². The number of carbonyl (C=O) groups excluding carboxylic acids is 1. The maximum Gasteiger partial charge on any atom is 0.192 e. The molecule has 2 atom stereocenters. The molecule has 0 spiro atoms. The van der Waals surface area contributed by atoms with E-state index in [0.717, 1.165) is 0 Å². The fraction of sp³-hybridized carbons (Fsp3) is 0.769. The molecule has 0 amide bonds. The van der Waals surface area contributed by atoms with Crippen LogP contribution >= 0.6 is 0 Å². The first-order valence-electron chi connectivity index (χ1n) is 6.21. The molecular weight excluding hydrogens is 248 g/mol. The molecule has 0 aromatic rings. The van der Waals surface area contributed by atoms with Gasteiger partial charge >= 0.3 is 0 Å². The van der Waals surface area contributed by atoms with Crippen molar-refractivity contribution in [2.75, 3.05) is 13.7 Å². The van der Waals surface area contributed by atoms with Crippen molar-refractivity contribution in [1.82, 2.24) is 0 Å². The molecule has 1 aliphatic rings. The van der Waals surface area contributed by atoms with E-state index in [1.54, 1.807) is 13.2 Å². The average Bonchev–Trinajstić information content (AvgIpc) is 2.26. The molecule has 0 saturated carbocycles. The Balaban J connectivity index is 2.59. The third-order valence-electron chi connectivity index (χ3n) is 3.67. The molecule has 1 aliphatic heterocycles. The highest BCUT2D eigenvalue weighted by molar-refractivity contribution is 6.74. The first-order valence-corrected chi connectivity index (χ1v) is 9.12. The second kappa shape index (κ2) is 5.65. The summed E-state index contributed by atoms with van der Waals surface area (Å²) in [6.07, 6.45) is 2.13. The zero-order chi connectivity index (χ0) is 14.0. The molecule has 0 aliphatic carbocycles. The quantitative estimate of drug-likeness (QED) is 0.738. The molecule has 5 heteroatoms. The van der Waals surface area contributed by atoms with Crippen LogP contribution in [0.1, 0.15) is 20.8 Å². The van der Waals surface area contributed by atoms with Crippen LogP contribution in [0, 0.1) is 0 Å². The number of rotatable bonds is 4. The standard InChI is InChI=1S/C13H24O4Si/c1-13(2,3)18(5,6)16-9-11-10(14)7-8-12(15-4)17-11/h7-8,11-12H,9H2,1-6H3/t11-,12+/m0/s1. The second-order valence-corrected chi connectivity index (χ2v) is 10.9. The molecule has 0 unspecified atom stereocenters. The molecule has 104 valence electrons. The molecule has 1 rings (SSSR count). The van der Waals surface area contributed by atoms with Crippen molar-refractivity contribution < 1.29 is 18.7 Å². The van der Waals surface area contributed by atoms with Crippen molar-refractivity contribution in [3.05, 3.63) is 12.2 Å². The predicted octanol–water partition coefficient (Wildman–Crippen LogP) is 2.50. The third-order valence-corrected chi connectivity index (χ3v) is 8.17. The van der Waals surface area contributed by atoms with E-state index in [0.29, 0.717) is 6.61 Å². The Labute approximate surface area is 110 Å². The Morgan fingerprint density at radius 3 is 2.50 bits per heavy atom. The summed E-state index contributed by atoms with van der Waals surface area (Å²) in [6, 6.07) is 0. The summed E-state index contributed by atoms with van der Waals surface area (Å²) in [5.74, 6) is -0.0537. The van der Waals surface area contributed by atoms with Crippen LogP contribution in [0.25, 0.3) is 0 Å². The molecule has 1 heterocycles. The van der Waals surface area contributed by atoms with Crippen LogP contribution in [0.3, 0.4) is 0 Å². The maximum absolute atomic E-state index is 11.7. The Morgan fingerprint density at radius 2 is 2.00 bits per heavy atom. The Morgan fingerprint density at radius 1 is 1.39 bits per heavy atom. The van der Waals surface area contributed by atoms with Crippen LogP contribution in [0.2, 0.25) is 18.1 Å². The number of ketones is 1. The van der Waals surface area contributed by atoms with Crippen LogP contribution in [0.15, 0.2) is 12.2 Å². The van der Waals surface area contributed by atoms with E-state index in [4.69, 9.17) is 13.9 Å². The van der Waals surface area contributed by atoms with Crippen LogP contribution in [-0.2, 0) is 18.7 Å². The zero-order valence-electron chi connectivity index (χ0n) is 12.1. The van der Waals surface area contributed by atoms with Crippen molar-refractivity contribution in [3.8, 4) is 0 Å². The summed E-state index contributed by atoms with van der Waals surface area (Å²) < 4.78 is 16.6. The third kappa shape index (κ3) is 3.75. The molecule has 4 nitrogen and oxygen atoms in total. The van der Waals surface area contributed by atoms with Crippen LogP contribution in [0.4, 0.5) is 0 Å². The van der Waals surface area contributed by atoms with Gasteiger partial charge in [0.2, 0.25) is 0 Å². The Bertz CT molecular complexity index is 330. The molecule has 0 bridgehead atoms. The first-order chi connectivity index (χ1) is 8.17. The van der Waals surface area contributed by atoms with E-state index in [1.165, 1.54) is 6.08 Å². The maximum atomic E-state index is 11.7. The van der Waals surface area contributed by atoms with Gasteiger partial charge in [-0.15, -0.1) is 0 Å². The largest absolute Gasteiger partial charge is 0.414 e. The second-order valence-electron chi connectivity index (χ2n) is 6.06. The van der Waals surface area contributed by atoms with Gasteiger partial charge in [-0.25, -0.2) is 0 Å². The van der Waals surface area contributed by atoms with E-state index >= 15 is 0 Å². The predicted molar refractivity (Wildman–Crippen MR) is 73.0 cm³/mol. The number of hydrogen-bond acceptors (Lipinski definition) is 4. The normalized spacial score (nSPS) is 25.6. The first kappa shape index (κ1) is 15.6. The fourth-order valence-electron chi connectivity index (χ4n) is 1.31. The smallest absolute Gasteiger partial charge is 0.192 e. The van der Waals surface area contributed by atoms with Crippen molar-refractivity contribution in [1.29, 1.82) is 0 Å². The monoisotopic (exact) mass is 272 g/mol. The lowest BCUT2D eigenvalue weighted by Gasteiger charge is -2.37. The van der Waals surface area contributed by atoms with Gasteiger partial charge in [-0.05, 0) is 30.3 Å². The average molecular weight is 272 g/mol. The van der Waals surface area contributed by atoms with Gasteiger partial charge in [0.05, 0.1) is 6.61 Å². The van der Waals surface area contributed by atoms with Crippen molar-refractivity contribution in [2.24, 2.45) is 0 Å². The summed E-state index contributed by atoms with van der Waals surface area (Å²) in [6.45, 7) is 11.1. The van der Waals surface area contributed by atoms with Crippen molar-refractivity contribution in [3.63, 3.8) is 0 Å². The molecule has 0 radical (unpaired) electrons. The van der Waals surface area contributed by atoms with Gasteiger partial charge in [0, 0.05) is 7.11 Å². The summed E-state index contributed by atoms with van der Waals surface area (Å²) in [7, 11) is -0.296. The summed E-state index contributed by atoms with van der Waals surface area (Å²) in [5.41, 5.74) is 0. The van der Waals surface area contributed by atoms with E-state index in [9.17, 15) is 4.79 Å². The number of carbonyl (C=O) groups is 1. The minimum atomic E-state index is -1.85. The van der Waals surface area contributed by atoms with E-state index in [2.05, 4.69) is 33.9 Å². The van der Waals surface area contributed by atoms with Crippen molar-refractivity contribution in [2.45, 2.75) is 51.3 Å². The van der Waals surface area contributed by atoms with Gasteiger partial charge in [-0.3, -0.25) is 4.79 Å². The Kier molecular flexibility index (Phi) is 4.88. The molecule has 0 fully saturated rings. The Hall–Kier alpha value is -0.493. The molecular formula is C13H24O4Si. The van der Waals surface area contributed by atoms with Crippen molar-refractivity contribution >= 4 is 14.1 Å². The van der Waals surface area contributed by atoms with Crippen LogP contribution in [0.5, 0.6) is 0 Å². The van der Waals surface area contributed by atoms with E-state index in [1.807, 2.05) is 0 Å². The van der Waals surface area contributed by atoms with E-state index < -0.39 is 20.7 Å². The zero-order valence-corrected chi connectivity index (χ0v) is 13.1. The van der Waals surface area contributed by atoms with Gasteiger partial charge in [-0.2, -0.15) is 0 Å². The summed E-state index contributed by atoms with van der Waals surface area (Å²) in [5, 5.41) is 0.126. The molecule has 0 saturated heterocycles. The lowest BCUT2D eigenvalue weighted by molar-refractivity contribution is -0.159. The molecule has 0 aromatic carbocycles. The number of methoxy groups -OCH3 is 1. The van der Waals surface area contributed by atoms with Gasteiger partial charge in [0.25, 0.3) is 0 Å². The molecule has 0 aromatic heterocycles. The highest BCUT2D eigenvalue weighted by atomic mass is 28.4. The number of hydrogen-bond donors (Lipinski definition) is 0. The molecule has 18 heavy (non-hydrogen) atoms. The number of ether oxygens (including phenoxy) is 2. The highest BCUT2D eigenvalue weighted by Gasteiger charge is 2.38. The SMILES string of the molecule is CO[C@H]1C=CC(=O)[C@H](CO[Si](C)(C)C(C)(C)C)O1. The van der Waals surface area contributed by atoms with Gasteiger partial charge in [-0.1, -0.05) is 20.8 Å². The highest BCUT2D eigenvalue weighted by Crippen LogP contribution is 2.36. The fourth-order valence-corrected chi connectivity index (χ4v) is 2.31. The summed E-state index contributed by atoms with van der Waals surface area (Å²) >= 11 is 0. The van der Waals surface area contributed by atoms with Gasteiger partial charge in [0.1, 0.15) is 6.10 Å². The van der Waals surface area contributed by atoms with E-state index in [-0.39, 0.29) is 10.8 Å². The lowest BCUT2D eigenvalue weighted by Crippen LogP contribution is -2.45. The minimum Gasteiger partial charge on any atom is -0.414 e. The van der Waals surface area contributed by atoms with Gasteiger partial charge in [0.15, 0.2) is 20.4 Å². The van der Waals surface area contributed by atoms with Crippen LogP contribution < -0.4 is 0 Å². The lowest BCUT2D eigenvalue weighted by atomic mass is 10.2. The molecule has 0 N–H and O–H groups in total.